The molecule has 9 nitrogen and oxygen atoms in total. The monoisotopic (exact) mass is 407 g/mol. The molecule has 0 radical (unpaired) electrons. The largest absolute Gasteiger partial charge is 0.494 e. The molecule has 3 N–H and O–H groups in total. The molecule has 0 spiro atoms. The lowest BCUT2D eigenvalue weighted by Gasteiger charge is -2.27. The average Bonchev–Trinajstić information content (AvgIpc) is 2.96. The number of amides is 1. The average molecular weight is 407 g/mol. The van der Waals surface area contributed by atoms with Crippen LogP contribution in [-0.2, 0) is 4.79 Å². The summed E-state index contributed by atoms with van der Waals surface area (Å²) in [6, 6.07) is -0.598. The van der Waals surface area contributed by atoms with Crippen LogP contribution in [0.25, 0.3) is 0 Å². The number of rotatable bonds is 5. The van der Waals surface area contributed by atoms with Crippen LogP contribution in [0, 0.1) is 0 Å². The Balaban J connectivity index is 2.14. The van der Waals surface area contributed by atoms with Crippen molar-refractivity contribution in [3.63, 3.8) is 0 Å². The van der Waals surface area contributed by atoms with Gasteiger partial charge in [-0.25, -0.2) is 4.79 Å². The molecule has 0 unspecified atom stereocenters. The van der Waals surface area contributed by atoms with Crippen molar-refractivity contribution in [2.45, 2.75) is 82.7 Å². The van der Waals surface area contributed by atoms with Crippen molar-refractivity contribution >= 4 is 11.9 Å². The maximum Gasteiger partial charge on any atom is 0.334 e. The number of carboxylic acids is 1. The van der Waals surface area contributed by atoms with Crippen molar-refractivity contribution in [2.24, 2.45) is 0 Å². The summed E-state index contributed by atoms with van der Waals surface area (Å²) in [7, 11) is 0. The van der Waals surface area contributed by atoms with E-state index in [1.165, 1.54) is 4.57 Å². The van der Waals surface area contributed by atoms with Crippen LogP contribution < -0.4 is 16.6 Å². The summed E-state index contributed by atoms with van der Waals surface area (Å²) < 4.78 is 2.33. The standard InChI is InChI=1S/C20H29N3O6/c24-15(25)12-21-17(26)16-18(27)22(13-8-4-1-2-5-9-13)20(29)23(19(16)28)14-10-6-3-7-11-14/h13-14,27H,1-12H2,(H,21,26)(H,24,25). The van der Waals surface area contributed by atoms with E-state index in [2.05, 4.69) is 5.32 Å². The normalized spacial score (nSPS) is 18.9. The lowest BCUT2D eigenvalue weighted by molar-refractivity contribution is -0.135. The number of nitrogens with one attached hydrogen (secondary N) is 1. The number of hydrogen-bond acceptors (Lipinski definition) is 5. The molecule has 1 aromatic rings. The lowest BCUT2D eigenvalue weighted by atomic mass is 9.95. The maximum atomic E-state index is 13.3. The molecule has 2 aliphatic carbocycles. The quantitative estimate of drug-likeness (QED) is 0.639. The summed E-state index contributed by atoms with van der Waals surface area (Å²) >= 11 is 0. The van der Waals surface area contributed by atoms with Gasteiger partial charge in [-0.1, -0.05) is 44.9 Å². The van der Waals surface area contributed by atoms with Crippen molar-refractivity contribution < 1.29 is 19.8 Å². The molecular weight excluding hydrogens is 378 g/mol. The van der Waals surface area contributed by atoms with E-state index in [9.17, 15) is 24.3 Å². The molecule has 29 heavy (non-hydrogen) atoms. The van der Waals surface area contributed by atoms with Crippen LogP contribution in [0.3, 0.4) is 0 Å². The number of hydrogen-bond donors (Lipinski definition) is 3. The third-order valence-corrected chi connectivity index (χ3v) is 6.05. The fourth-order valence-electron chi connectivity index (χ4n) is 4.58. The highest BCUT2D eigenvalue weighted by Crippen LogP contribution is 2.31. The fraction of sp³-hybridized carbons (Fsp3) is 0.700. The Morgan fingerprint density at radius 2 is 1.34 bits per heavy atom. The first kappa shape index (κ1) is 21.1. The molecule has 0 aliphatic heterocycles. The predicted molar refractivity (Wildman–Crippen MR) is 105 cm³/mol. The Morgan fingerprint density at radius 3 is 1.86 bits per heavy atom. The summed E-state index contributed by atoms with van der Waals surface area (Å²) in [5.41, 5.74) is -1.95. The van der Waals surface area contributed by atoms with Crippen LogP contribution in [0.15, 0.2) is 9.59 Å². The topological polar surface area (TPSA) is 131 Å². The number of aliphatic carboxylic acids is 1. The molecular formula is C20H29N3O6. The summed E-state index contributed by atoms with van der Waals surface area (Å²) in [5, 5.41) is 21.8. The molecule has 2 aliphatic rings. The number of nitrogens with zero attached hydrogens (tertiary/aromatic N) is 2. The SMILES string of the molecule is O=C(O)CNC(=O)c1c(O)n(C2CCCCCC2)c(=O)n(C2CCCCC2)c1=O. The van der Waals surface area contributed by atoms with Gasteiger partial charge in [0, 0.05) is 12.1 Å². The second-order valence-electron chi connectivity index (χ2n) is 8.04. The van der Waals surface area contributed by atoms with Gasteiger partial charge in [0.1, 0.15) is 6.54 Å². The van der Waals surface area contributed by atoms with E-state index in [0.717, 1.165) is 49.5 Å². The van der Waals surface area contributed by atoms with E-state index < -0.39 is 41.1 Å². The minimum absolute atomic E-state index is 0.286. The first-order chi connectivity index (χ1) is 13.9. The Morgan fingerprint density at radius 1 is 0.862 bits per heavy atom. The van der Waals surface area contributed by atoms with Gasteiger partial charge in [-0.2, -0.15) is 0 Å². The molecule has 3 rings (SSSR count). The Bertz CT molecular complexity index is 873. The van der Waals surface area contributed by atoms with Gasteiger partial charge in [0.2, 0.25) is 5.88 Å². The molecule has 9 heteroatoms. The fourth-order valence-corrected chi connectivity index (χ4v) is 4.58. The maximum absolute atomic E-state index is 13.3. The van der Waals surface area contributed by atoms with Gasteiger partial charge >= 0.3 is 11.7 Å². The van der Waals surface area contributed by atoms with Crippen LogP contribution in [0.5, 0.6) is 5.88 Å². The van der Waals surface area contributed by atoms with Crippen LogP contribution in [-0.4, -0.2) is 37.8 Å². The molecule has 2 fully saturated rings. The molecule has 2 saturated carbocycles. The predicted octanol–water partition coefficient (Wildman–Crippen LogP) is 1.93. The van der Waals surface area contributed by atoms with E-state index in [4.69, 9.17) is 5.11 Å². The minimum atomic E-state index is -1.26. The molecule has 0 bridgehead atoms. The van der Waals surface area contributed by atoms with Crippen molar-refractivity contribution in [2.75, 3.05) is 6.54 Å². The Kier molecular flexibility index (Phi) is 6.76. The summed E-state index contributed by atoms with van der Waals surface area (Å²) in [4.78, 5) is 49.8. The lowest BCUT2D eigenvalue weighted by Crippen LogP contribution is -2.47. The smallest absolute Gasteiger partial charge is 0.334 e. The summed E-state index contributed by atoms with van der Waals surface area (Å²) in [6.45, 7) is -0.677. The molecule has 0 aromatic carbocycles. The zero-order chi connectivity index (χ0) is 21.0. The molecule has 0 saturated heterocycles. The van der Waals surface area contributed by atoms with Crippen molar-refractivity contribution in [3.8, 4) is 5.88 Å². The third kappa shape index (κ3) is 4.54. The molecule has 160 valence electrons. The van der Waals surface area contributed by atoms with Gasteiger partial charge < -0.3 is 15.5 Å². The number of aromatic hydroxyl groups is 1. The van der Waals surface area contributed by atoms with E-state index in [1.54, 1.807) is 0 Å². The highest BCUT2D eigenvalue weighted by atomic mass is 16.4. The Labute approximate surface area is 168 Å². The summed E-state index contributed by atoms with van der Waals surface area (Å²) in [6.07, 6.45) is 9.41. The van der Waals surface area contributed by atoms with Crippen LogP contribution in [0.4, 0.5) is 0 Å². The zero-order valence-electron chi connectivity index (χ0n) is 16.6. The summed E-state index contributed by atoms with van der Waals surface area (Å²) in [5.74, 6) is -2.88. The highest BCUT2D eigenvalue weighted by molar-refractivity contribution is 5.97. The molecule has 1 amide bonds. The second-order valence-corrected chi connectivity index (χ2v) is 8.04. The number of aromatic nitrogens is 2. The van der Waals surface area contributed by atoms with E-state index in [0.29, 0.717) is 25.7 Å². The third-order valence-electron chi connectivity index (χ3n) is 6.05. The van der Waals surface area contributed by atoms with Crippen LogP contribution in [0.1, 0.15) is 93.1 Å². The van der Waals surface area contributed by atoms with Gasteiger partial charge in [-0.05, 0) is 25.7 Å². The van der Waals surface area contributed by atoms with Gasteiger partial charge in [-0.3, -0.25) is 23.5 Å². The molecule has 0 atom stereocenters. The first-order valence-electron chi connectivity index (χ1n) is 10.5. The highest BCUT2D eigenvalue weighted by Gasteiger charge is 2.31. The Hall–Kier alpha value is -2.58. The zero-order valence-corrected chi connectivity index (χ0v) is 16.6. The molecule has 1 aromatic heterocycles. The van der Waals surface area contributed by atoms with E-state index in [1.807, 2.05) is 0 Å². The van der Waals surface area contributed by atoms with E-state index >= 15 is 0 Å². The number of carbonyl (C=O) groups is 2. The van der Waals surface area contributed by atoms with Crippen molar-refractivity contribution in [3.05, 3.63) is 26.4 Å². The van der Waals surface area contributed by atoms with E-state index in [-0.39, 0.29) is 12.1 Å². The van der Waals surface area contributed by atoms with Gasteiger partial charge in [0.15, 0.2) is 5.56 Å². The van der Waals surface area contributed by atoms with Crippen molar-refractivity contribution in [1.82, 2.24) is 14.5 Å². The van der Waals surface area contributed by atoms with Crippen molar-refractivity contribution in [1.29, 1.82) is 0 Å². The minimum Gasteiger partial charge on any atom is -0.494 e. The second kappa shape index (κ2) is 9.28. The first-order valence-corrected chi connectivity index (χ1v) is 10.5. The van der Waals surface area contributed by atoms with Gasteiger partial charge in [0.05, 0.1) is 0 Å². The molecule has 1 heterocycles. The number of carbonyl (C=O) groups excluding carboxylic acids is 1. The van der Waals surface area contributed by atoms with Crippen LogP contribution in [0.2, 0.25) is 0 Å². The van der Waals surface area contributed by atoms with Gasteiger partial charge in [0.25, 0.3) is 11.5 Å². The van der Waals surface area contributed by atoms with Gasteiger partial charge in [-0.15, -0.1) is 0 Å². The van der Waals surface area contributed by atoms with Crippen LogP contribution >= 0.6 is 0 Å². The number of carboxylic acid groups (broad SMARTS) is 1.